The normalized spacial score (nSPS) is 17.3. The predicted molar refractivity (Wildman–Crippen MR) is 98.9 cm³/mol. The summed E-state index contributed by atoms with van der Waals surface area (Å²) in [6, 6.07) is 7.29. The first kappa shape index (κ1) is 18.5. The summed E-state index contributed by atoms with van der Waals surface area (Å²) in [6.45, 7) is 2.52. The Morgan fingerprint density at radius 3 is 2.88 bits per heavy atom. The van der Waals surface area contributed by atoms with Gasteiger partial charge in [-0.1, -0.05) is 17.7 Å². The Hall–Kier alpha value is -2.34. The van der Waals surface area contributed by atoms with Crippen molar-refractivity contribution < 1.29 is 14.7 Å². The molecule has 0 aliphatic carbocycles. The monoisotopic (exact) mass is 375 g/mol. The number of benzene rings is 1. The molecule has 2 aromatic rings. The van der Waals surface area contributed by atoms with Crippen molar-refractivity contribution >= 4 is 23.5 Å². The molecule has 0 saturated carbocycles. The summed E-state index contributed by atoms with van der Waals surface area (Å²) in [7, 11) is 0. The molecule has 6 nitrogen and oxygen atoms in total. The lowest BCUT2D eigenvalue weighted by atomic mass is 9.97. The van der Waals surface area contributed by atoms with Gasteiger partial charge in [0.1, 0.15) is 0 Å². The van der Waals surface area contributed by atoms with Crippen molar-refractivity contribution in [3.63, 3.8) is 0 Å². The van der Waals surface area contributed by atoms with Gasteiger partial charge in [0, 0.05) is 24.0 Å². The van der Waals surface area contributed by atoms with Crippen molar-refractivity contribution in [2.75, 3.05) is 6.54 Å². The number of nitrogens with zero attached hydrogens (tertiary/aromatic N) is 3. The molecule has 1 aromatic heterocycles. The lowest BCUT2D eigenvalue weighted by Crippen LogP contribution is -2.44. The quantitative estimate of drug-likeness (QED) is 0.864. The molecule has 0 spiro atoms. The zero-order valence-corrected chi connectivity index (χ0v) is 15.4. The number of likely N-dealkylation sites (tertiary alicyclic amines) is 1. The highest BCUT2D eigenvalue weighted by Gasteiger charge is 2.29. The van der Waals surface area contributed by atoms with Gasteiger partial charge in [-0.05, 0) is 50.8 Å². The van der Waals surface area contributed by atoms with Crippen molar-refractivity contribution in [2.45, 2.75) is 45.1 Å². The van der Waals surface area contributed by atoms with E-state index in [-0.39, 0.29) is 18.4 Å². The molecule has 1 saturated heterocycles. The van der Waals surface area contributed by atoms with Crippen LogP contribution in [-0.2, 0) is 4.79 Å². The molecule has 1 N–H and O–H groups in total. The van der Waals surface area contributed by atoms with Crippen molar-refractivity contribution in [3.05, 3.63) is 46.7 Å². The van der Waals surface area contributed by atoms with Gasteiger partial charge in [0.25, 0.3) is 5.91 Å². The lowest BCUT2D eigenvalue weighted by Gasteiger charge is -2.35. The van der Waals surface area contributed by atoms with E-state index in [9.17, 15) is 9.59 Å². The van der Waals surface area contributed by atoms with Gasteiger partial charge in [-0.3, -0.25) is 9.59 Å². The summed E-state index contributed by atoms with van der Waals surface area (Å²) < 4.78 is 1.70. The smallest absolute Gasteiger partial charge is 0.303 e. The van der Waals surface area contributed by atoms with Crippen LogP contribution in [0.3, 0.4) is 0 Å². The second-order valence-electron chi connectivity index (χ2n) is 6.62. The minimum atomic E-state index is -0.826. The van der Waals surface area contributed by atoms with Crippen LogP contribution in [0, 0.1) is 6.92 Å². The number of piperidine rings is 1. The molecule has 138 valence electrons. The van der Waals surface area contributed by atoms with E-state index < -0.39 is 5.97 Å². The molecule has 1 atom stereocenters. The molecule has 1 aliphatic rings. The van der Waals surface area contributed by atoms with Crippen LogP contribution in [0.25, 0.3) is 5.69 Å². The standard InChI is InChI=1S/C19H22ClN3O3/c1-13-17(12-21-23(13)16-7-4-5-14(20)11-16)19(26)22-10-3-2-6-15(22)8-9-18(24)25/h4-5,7,11-12,15H,2-3,6,8-10H2,1H3,(H,24,25). The zero-order chi connectivity index (χ0) is 18.7. The molecule has 1 aromatic carbocycles. The average molecular weight is 376 g/mol. The van der Waals surface area contributed by atoms with E-state index in [1.165, 1.54) is 0 Å². The number of carboxylic acids is 1. The van der Waals surface area contributed by atoms with Gasteiger partial charge >= 0.3 is 5.97 Å². The van der Waals surface area contributed by atoms with E-state index in [4.69, 9.17) is 16.7 Å². The van der Waals surface area contributed by atoms with E-state index in [2.05, 4.69) is 5.10 Å². The van der Waals surface area contributed by atoms with Crippen molar-refractivity contribution in [1.29, 1.82) is 0 Å². The van der Waals surface area contributed by atoms with Crippen LogP contribution >= 0.6 is 11.6 Å². The van der Waals surface area contributed by atoms with Gasteiger partial charge in [0.15, 0.2) is 0 Å². The number of carbonyl (C=O) groups excluding carboxylic acids is 1. The fourth-order valence-electron chi connectivity index (χ4n) is 3.50. The summed E-state index contributed by atoms with van der Waals surface area (Å²) in [5, 5.41) is 13.9. The molecule has 0 radical (unpaired) electrons. The Morgan fingerprint density at radius 2 is 2.15 bits per heavy atom. The first-order valence-electron chi connectivity index (χ1n) is 8.80. The molecular weight excluding hydrogens is 354 g/mol. The summed E-state index contributed by atoms with van der Waals surface area (Å²) in [5.74, 6) is -0.904. The fraction of sp³-hybridized carbons (Fsp3) is 0.421. The minimum Gasteiger partial charge on any atom is -0.481 e. The topological polar surface area (TPSA) is 75.4 Å². The number of rotatable bonds is 5. The predicted octanol–water partition coefficient (Wildman–Crippen LogP) is 3.69. The third-order valence-electron chi connectivity index (χ3n) is 4.87. The summed E-state index contributed by atoms with van der Waals surface area (Å²) in [5.41, 5.74) is 2.10. The minimum absolute atomic E-state index is 0.0266. The maximum Gasteiger partial charge on any atom is 0.303 e. The van der Waals surface area contributed by atoms with E-state index in [1.54, 1.807) is 23.0 Å². The first-order valence-corrected chi connectivity index (χ1v) is 9.18. The van der Waals surface area contributed by atoms with Crippen molar-refractivity contribution in [3.8, 4) is 5.69 Å². The zero-order valence-electron chi connectivity index (χ0n) is 14.7. The lowest BCUT2D eigenvalue weighted by molar-refractivity contribution is -0.137. The number of carbonyl (C=O) groups is 2. The SMILES string of the molecule is Cc1c(C(=O)N2CCCCC2CCC(=O)O)cnn1-c1cccc(Cl)c1. The van der Waals surface area contributed by atoms with Crippen LogP contribution in [0.5, 0.6) is 0 Å². The van der Waals surface area contributed by atoms with E-state index in [1.807, 2.05) is 24.0 Å². The molecule has 0 bridgehead atoms. The van der Waals surface area contributed by atoms with Crippen LogP contribution in [0.2, 0.25) is 5.02 Å². The van der Waals surface area contributed by atoms with Gasteiger partial charge in [-0.2, -0.15) is 5.10 Å². The van der Waals surface area contributed by atoms with Crippen molar-refractivity contribution in [2.24, 2.45) is 0 Å². The Kier molecular flexibility index (Phi) is 5.61. The molecule has 3 rings (SSSR count). The van der Waals surface area contributed by atoms with Crippen LogP contribution in [0.4, 0.5) is 0 Å². The van der Waals surface area contributed by atoms with Gasteiger partial charge < -0.3 is 10.0 Å². The summed E-state index contributed by atoms with van der Waals surface area (Å²) >= 11 is 6.05. The second kappa shape index (κ2) is 7.91. The highest BCUT2D eigenvalue weighted by molar-refractivity contribution is 6.30. The largest absolute Gasteiger partial charge is 0.481 e. The first-order chi connectivity index (χ1) is 12.5. The molecule has 7 heteroatoms. The number of hydrogen-bond acceptors (Lipinski definition) is 3. The summed E-state index contributed by atoms with van der Waals surface area (Å²) in [6.07, 6.45) is 4.96. The number of amides is 1. The Morgan fingerprint density at radius 1 is 1.35 bits per heavy atom. The van der Waals surface area contributed by atoms with Crippen LogP contribution in [0.15, 0.2) is 30.5 Å². The van der Waals surface area contributed by atoms with Crippen LogP contribution in [-0.4, -0.2) is 44.3 Å². The maximum atomic E-state index is 13.1. The van der Waals surface area contributed by atoms with Gasteiger partial charge in [-0.15, -0.1) is 0 Å². The van der Waals surface area contributed by atoms with Gasteiger partial charge in [-0.25, -0.2) is 4.68 Å². The Labute approximate surface area is 157 Å². The molecule has 1 fully saturated rings. The third kappa shape index (κ3) is 3.90. The molecule has 26 heavy (non-hydrogen) atoms. The number of halogens is 1. The van der Waals surface area contributed by atoms with E-state index in [0.29, 0.717) is 23.6 Å². The van der Waals surface area contributed by atoms with E-state index in [0.717, 1.165) is 30.6 Å². The number of hydrogen-bond donors (Lipinski definition) is 1. The average Bonchev–Trinajstić information content (AvgIpc) is 3.01. The molecule has 1 aliphatic heterocycles. The maximum absolute atomic E-state index is 13.1. The Bertz CT molecular complexity index is 818. The fourth-order valence-corrected chi connectivity index (χ4v) is 3.69. The molecular formula is C19H22ClN3O3. The Balaban J connectivity index is 1.84. The number of aliphatic carboxylic acids is 1. The third-order valence-corrected chi connectivity index (χ3v) is 5.11. The summed E-state index contributed by atoms with van der Waals surface area (Å²) in [4.78, 5) is 25.8. The highest BCUT2D eigenvalue weighted by atomic mass is 35.5. The number of carboxylic acid groups (broad SMARTS) is 1. The highest BCUT2D eigenvalue weighted by Crippen LogP contribution is 2.25. The van der Waals surface area contributed by atoms with Gasteiger partial charge in [0.05, 0.1) is 23.1 Å². The second-order valence-corrected chi connectivity index (χ2v) is 7.05. The molecule has 1 unspecified atom stereocenters. The molecule has 2 heterocycles. The van der Waals surface area contributed by atoms with Crippen LogP contribution < -0.4 is 0 Å². The van der Waals surface area contributed by atoms with Crippen molar-refractivity contribution in [1.82, 2.24) is 14.7 Å². The van der Waals surface area contributed by atoms with Gasteiger partial charge in [0.2, 0.25) is 0 Å². The number of aromatic nitrogens is 2. The molecule has 1 amide bonds. The van der Waals surface area contributed by atoms with Crippen LogP contribution in [0.1, 0.15) is 48.2 Å². The van der Waals surface area contributed by atoms with E-state index >= 15 is 0 Å².